The number of piperazine rings is 1. The summed E-state index contributed by atoms with van der Waals surface area (Å²) in [6.45, 7) is 11.1. The second-order valence-corrected chi connectivity index (χ2v) is 7.76. The third-order valence-corrected chi connectivity index (χ3v) is 4.79. The summed E-state index contributed by atoms with van der Waals surface area (Å²) >= 11 is 0. The molecule has 28 heavy (non-hydrogen) atoms. The average molecular weight is 383 g/mol. The van der Waals surface area contributed by atoms with Crippen LogP contribution in [0.1, 0.15) is 26.5 Å². The highest BCUT2D eigenvalue weighted by Crippen LogP contribution is 2.25. The van der Waals surface area contributed by atoms with Crippen molar-refractivity contribution in [2.24, 2.45) is 5.92 Å². The van der Waals surface area contributed by atoms with E-state index in [-0.39, 0.29) is 12.1 Å². The summed E-state index contributed by atoms with van der Waals surface area (Å²) in [5.41, 5.74) is 1.71. The van der Waals surface area contributed by atoms with Crippen LogP contribution in [0.4, 0.5) is 16.3 Å². The lowest BCUT2D eigenvalue weighted by atomic mass is 10.2. The Morgan fingerprint density at radius 2 is 2.00 bits per heavy atom. The third kappa shape index (κ3) is 4.94. The third-order valence-electron chi connectivity index (χ3n) is 4.79. The standard InChI is InChI=1S/C22H30N4O2/c1-16(2)15-28-20-10-6-5-9-19(20)24-22(27)26-13-12-25(14-18(26)4)21-11-7-8-17(3)23-21/h5-11,16,18H,12-15H2,1-4H3,(H,24,27). The molecule has 6 heteroatoms. The van der Waals surface area contributed by atoms with Gasteiger partial charge in [-0.25, -0.2) is 9.78 Å². The minimum atomic E-state index is -0.0926. The Kier molecular flexibility index (Phi) is 6.39. The number of hydrogen-bond acceptors (Lipinski definition) is 4. The molecule has 1 fully saturated rings. The Bertz CT molecular complexity index is 809. The van der Waals surface area contributed by atoms with Crippen molar-refractivity contribution in [3.63, 3.8) is 0 Å². The van der Waals surface area contributed by atoms with Crippen LogP contribution in [0.5, 0.6) is 5.75 Å². The second-order valence-electron chi connectivity index (χ2n) is 7.76. The first kappa shape index (κ1) is 20.0. The normalized spacial score (nSPS) is 17.0. The summed E-state index contributed by atoms with van der Waals surface area (Å²) in [5, 5.41) is 3.03. The van der Waals surface area contributed by atoms with Crippen LogP contribution in [-0.2, 0) is 0 Å². The summed E-state index contributed by atoms with van der Waals surface area (Å²) in [4.78, 5) is 21.6. The number of urea groups is 1. The zero-order valence-electron chi connectivity index (χ0n) is 17.2. The number of nitrogens with one attached hydrogen (secondary N) is 1. The number of amides is 2. The fourth-order valence-electron chi connectivity index (χ4n) is 3.31. The SMILES string of the molecule is Cc1cccc(N2CCN(C(=O)Nc3ccccc3OCC(C)C)C(C)C2)n1. The lowest BCUT2D eigenvalue weighted by Crippen LogP contribution is -2.55. The van der Waals surface area contributed by atoms with Crippen LogP contribution >= 0.6 is 0 Å². The molecule has 0 bridgehead atoms. The number of nitrogens with zero attached hydrogens (tertiary/aromatic N) is 3. The molecule has 1 saturated heterocycles. The molecule has 3 rings (SSSR count). The van der Waals surface area contributed by atoms with E-state index in [0.717, 1.165) is 24.6 Å². The molecule has 0 saturated carbocycles. The van der Waals surface area contributed by atoms with Crippen LogP contribution in [0.2, 0.25) is 0 Å². The van der Waals surface area contributed by atoms with Crippen molar-refractivity contribution in [2.75, 3.05) is 36.5 Å². The summed E-state index contributed by atoms with van der Waals surface area (Å²) in [7, 11) is 0. The smallest absolute Gasteiger partial charge is 0.322 e. The zero-order chi connectivity index (χ0) is 20.1. The van der Waals surface area contributed by atoms with Crippen LogP contribution in [0.3, 0.4) is 0 Å². The number of carbonyl (C=O) groups is 1. The Balaban J connectivity index is 1.63. The van der Waals surface area contributed by atoms with Gasteiger partial charge >= 0.3 is 6.03 Å². The lowest BCUT2D eigenvalue weighted by Gasteiger charge is -2.40. The van der Waals surface area contributed by atoms with Crippen molar-refractivity contribution in [2.45, 2.75) is 33.7 Å². The highest BCUT2D eigenvalue weighted by Gasteiger charge is 2.28. The zero-order valence-corrected chi connectivity index (χ0v) is 17.2. The van der Waals surface area contributed by atoms with E-state index in [2.05, 4.69) is 36.0 Å². The number of aromatic nitrogens is 1. The van der Waals surface area contributed by atoms with Gasteiger partial charge in [-0.1, -0.05) is 32.0 Å². The molecule has 1 atom stereocenters. The van der Waals surface area contributed by atoms with Gasteiger partial charge in [0.2, 0.25) is 0 Å². The Morgan fingerprint density at radius 3 is 2.71 bits per heavy atom. The van der Waals surface area contributed by atoms with Gasteiger partial charge in [-0.2, -0.15) is 0 Å². The van der Waals surface area contributed by atoms with E-state index in [1.54, 1.807) is 0 Å². The van der Waals surface area contributed by atoms with Crippen molar-refractivity contribution in [3.05, 3.63) is 48.2 Å². The molecule has 150 valence electrons. The minimum Gasteiger partial charge on any atom is -0.491 e. The maximum absolute atomic E-state index is 12.9. The Hall–Kier alpha value is -2.76. The molecule has 2 heterocycles. The van der Waals surface area contributed by atoms with Crippen molar-refractivity contribution >= 4 is 17.5 Å². The van der Waals surface area contributed by atoms with E-state index in [1.807, 2.05) is 54.3 Å². The highest BCUT2D eigenvalue weighted by molar-refractivity contribution is 5.91. The molecule has 2 aromatic rings. The predicted octanol–water partition coefficient (Wildman–Crippen LogP) is 4.17. The number of pyridine rings is 1. The number of hydrogen-bond donors (Lipinski definition) is 1. The van der Waals surface area contributed by atoms with Crippen LogP contribution in [0.25, 0.3) is 0 Å². The molecule has 1 aliphatic rings. The van der Waals surface area contributed by atoms with E-state index >= 15 is 0 Å². The predicted molar refractivity (Wildman–Crippen MR) is 113 cm³/mol. The highest BCUT2D eigenvalue weighted by atomic mass is 16.5. The van der Waals surface area contributed by atoms with E-state index in [9.17, 15) is 4.79 Å². The number of carbonyl (C=O) groups excluding carboxylic acids is 1. The van der Waals surface area contributed by atoms with Crippen LogP contribution < -0.4 is 15.0 Å². The summed E-state index contributed by atoms with van der Waals surface area (Å²) in [6, 6.07) is 13.6. The fraction of sp³-hybridized carbons (Fsp3) is 0.455. The fourth-order valence-corrected chi connectivity index (χ4v) is 3.31. The van der Waals surface area contributed by atoms with E-state index in [0.29, 0.717) is 30.5 Å². The van der Waals surface area contributed by atoms with Crippen LogP contribution in [-0.4, -0.2) is 48.2 Å². The number of para-hydroxylation sites is 2. The molecular weight excluding hydrogens is 352 g/mol. The Morgan fingerprint density at radius 1 is 1.21 bits per heavy atom. The molecule has 1 aromatic heterocycles. The van der Waals surface area contributed by atoms with Gasteiger partial charge in [-0.05, 0) is 44.0 Å². The first-order chi connectivity index (χ1) is 13.4. The largest absolute Gasteiger partial charge is 0.491 e. The average Bonchev–Trinajstić information content (AvgIpc) is 2.67. The number of anilines is 2. The molecule has 1 N–H and O–H groups in total. The number of aryl methyl sites for hydroxylation is 1. The molecule has 1 aromatic carbocycles. The van der Waals surface area contributed by atoms with Gasteiger partial charge < -0.3 is 19.9 Å². The first-order valence-electron chi connectivity index (χ1n) is 9.92. The van der Waals surface area contributed by atoms with E-state index in [1.165, 1.54) is 0 Å². The van der Waals surface area contributed by atoms with Gasteiger partial charge in [0.05, 0.1) is 12.3 Å². The van der Waals surface area contributed by atoms with Gasteiger partial charge in [-0.15, -0.1) is 0 Å². The number of rotatable bonds is 5. The monoisotopic (exact) mass is 382 g/mol. The minimum absolute atomic E-state index is 0.0832. The second kappa shape index (κ2) is 8.95. The number of benzene rings is 1. The molecular formula is C22H30N4O2. The maximum atomic E-state index is 12.9. The van der Waals surface area contributed by atoms with Crippen LogP contribution in [0, 0.1) is 12.8 Å². The van der Waals surface area contributed by atoms with Gasteiger partial charge in [0.1, 0.15) is 11.6 Å². The van der Waals surface area contributed by atoms with E-state index < -0.39 is 0 Å². The molecule has 2 amide bonds. The Labute approximate surface area is 167 Å². The molecule has 0 radical (unpaired) electrons. The van der Waals surface area contributed by atoms with Crippen molar-refractivity contribution in [3.8, 4) is 5.75 Å². The van der Waals surface area contributed by atoms with Crippen LogP contribution in [0.15, 0.2) is 42.5 Å². The van der Waals surface area contributed by atoms with Gasteiger partial charge in [0, 0.05) is 31.4 Å². The number of ether oxygens (including phenoxy) is 1. The molecule has 0 spiro atoms. The first-order valence-corrected chi connectivity index (χ1v) is 9.92. The van der Waals surface area contributed by atoms with Crippen molar-refractivity contribution in [1.82, 2.24) is 9.88 Å². The molecule has 1 aliphatic heterocycles. The van der Waals surface area contributed by atoms with Gasteiger partial charge in [0.15, 0.2) is 0 Å². The molecule has 1 unspecified atom stereocenters. The summed E-state index contributed by atoms with van der Waals surface area (Å²) in [6.07, 6.45) is 0. The van der Waals surface area contributed by atoms with Gasteiger partial charge in [0.25, 0.3) is 0 Å². The summed E-state index contributed by atoms with van der Waals surface area (Å²) < 4.78 is 5.85. The van der Waals surface area contributed by atoms with Crippen molar-refractivity contribution < 1.29 is 9.53 Å². The maximum Gasteiger partial charge on any atom is 0.322 e. The topological polar surface area (TPSA) is 57.7 Å². The quantitative estimate of drug-likeness (QED) is 0.843. The van der Waals surface area contributed by atoms with Gasteiger partial charge in [-0.3, -0.25) is 0 Å². The molecule has 0 aliphatic carbocycles. The van der Waals surface area contributed by atoms with E-state index in [4.69, 9.17) is 4.74 Å². The van der Waals surface area contributed by atoms with Crippen molar-refractivity contribution in [1.29, 1.82) is 0 Å². The summed E-state index contributed by atoms with van der Waals surface area (Å²) in [5.74, 6) is 2.10. The lowest BCUT2D eigenvalue weighted by molar-refractivity contribution is 0.184. The molecule has 6 nitrogen and oxygen atoms in total.